The number of rotatable bonds is 7. The van der Waals surface area contributed by atoms with Gasteiger partial charge in [0.25, 0.3) is 0 Å². The zero-order valence-corrected chi connectivity index (χ0v) is 16.6. The fourth-order valence-corrected chi connectivity index (χ4v) is 3.43. The summed E-state index contributed by atoms with van der Waals surface area (Å²) in [5.74, 6) is 1.54. The lowest BCUT2D eigenvalue weighted by Crippen LogP contribution is -2.29. The molecule has 0 unspecified atom stereocenters. The van der Waals surface area contributed by atoms with Crippen LogP contribution in [0.25, 0.3) is 11.1 Å². The predicted molar refractivity (Wildman–Crippen MR) is 112 cm³/mol. The van der Waals surface area contributed by atoms with Crippen molar-refractivity contribution >= 4 is 5.69 Å². The lowest BCUT2D eigenvalue weighted by atomic mass is 10.1. The lowest BCUT2D eigenvalue weighted by molar-refractivity contribution is 0.356. The summed E-state index contributed by atoms with van der Waals surface area (Å²) in [6.07, 6.45) is 2.44. The number of aromatic nitrogens is 1. The summed E-state index contributed by atoms with van der Waals surface area (Å²) in [6.45, 7) is 0.952. The molecule has 0 spiro atoms. The molecule has 0 radical (unpaired) electrons. The molecular weight excluding hydrogens is 388 g/mol. The van der Waals surface area contributed by atoms with E-state index in [9.17, 15) is 8.78 Å². The summed E-state index contributed by atoms with van der Waals surface area (Å²) >= 11 is 0. The van der Waals surface area contributed by atoms with Gasteiger partial charge >= 0.3 is 0 Å². The first-order chi connectivity index (χ1) is 14.6. The van der Waals surface area contributed by atoms with E-state index in [1.54, 1.807) is 13.3 Å². The minimum Gasteiger partial charge on any atom is -0.497 e. The molecule has 2 aromatic carbocycles. The molecule has 7 heteroatoms. The molecule has 1 saturated heterocycles. The maximum atomic E-state index is 13.6. The van der Waals surface area contributed by atoms with Crippen molar-refractivity contribution in [2.45, 2.75) is 18.6 Å². The second-order valence-corrected chi connectivity index (χ2v) is 7.20. The van der Waals surface area contributed by atoms with Gasteiger partial charge in [-0.15, -0.1) is 0 Å². The Morgan fingerprint density at radius 3 is 2.57 bits per heavy atom. The molecule has 2 N–H and O–H groups in total. The highest BCUT2D eigenvalue weighted by Crippen LogP contribution is 2.35. The molecule has 5 nitrogen and oxygen atoms in total. The average molecular weight is 411 g/mol. The maximum Gasteiger partial charge on any atom is 0.151 e. The van der Waals surface area contributed by atoms with E-state index >= 15 is 0 Å². The number of hydrogen-bond acceptors (Lipinski definition) is 5. The largest absolute Gasteiger partial charge is 0.497 e. The normalized spacial score (nSPS) is 18.2. The first kappa shape index (κ1) is 20.1. The van der Waals surface area contributed by atoms with Crippen molar-refractivity contribution in [3.05, 3.63) is 66.7 Å². The third-order valence-corrected chi connectivity index (χ3v) is 5.01. The fourth-order valence-electron chi connectivity index (χ4n) is 3.43. The van der Waals surface area contributed by atoms with Crippen LogP contribution in [0.1, 0.15) is 6.42 Å². The molecule has 30 heavy (non-hydrogen) atoms. The number of ether oxygens (including phenoxy) is 2. The number of nitrogens with zero attached hydrogens (tertiary/aromatic N) is 1. The van der Waals surface area contributed by atoms with Crippen LogP contribution in [0.3, 0.4) is 0 Å². The van der Waals surface area contributed by atoms with Crippen LogP contribution in [0.5, 0.6) is 17.2 Å². The number of halogens is 2. The van der Waals surface area contributed by atoms with E-state index < -0.39 is 12.0 Å². The molecule has 0 saturated carbocycles. The van der Waals surface area contributed by atoms with Gasteiger partial charge in [-0.3, -0.25) is 4.98 Å². The van der Waals surface area contributed by atoms with Gasteiger partial charge in [-0.1, -0.05) is 6.07 Å². The van der Waals surface area contributed by atoms with Crippen molar-refractivity contribution in [2.75, 3.05) is 25.5 Å². The van der Waals surface area contributed by atoms with Crippen LogP contribution in [0.2, 0.25) is 0 Å². The van der Waals surface area contributed by atoms with Gasteiger partial charge in [0.1, 0.15) is 23.5 Å². The summed E-state index contributed by atoms with van der Waals surface area (Å²) in [5, 5.41) is 6.50. The van der Waals surface area contributed by atoms with Crippen molar-refractivity contribution < 1.29 is 18.3 Å². The van der Waals surface area contributed by atoms with Gasteiger partial charge in [-0.05, 0) is 54.4 Å². The molecule has 1 aliphatic rings. The third kappa shape index (κ3) is 4.86. The monoisotopic (exact) mass is 411 g/mol. The molecule has 156 valence electrons. The van der Waals surface area contributed by atoms with Crippen LogP contribution in [-0.4, -0.2) is 37.4 Å². The van der Waals surface area contributed by atoms with Crippen molar-refractivity contribution in [1.29, 1.82) is 0 Å². The van der Waals surface area contributed by atoms with E-state index in [-0.39, 0.29) is 6.04 Å². The Bertz CT molecular complexity index is 998. The van der Waals surface area contributed by atoms with Gasteiger partial charge in [0, 0.05) is 30.9 Å². The number of hydrogen-bond donors (Lipinski definition) is 2. The van der Waals surface area contributed by atoms with Crippen LogP contribution in [-0.2, 0) is 0 Å². The highest BCUT2D eigenvalue weighted by atomic mass is 19.1. The molecule has 2 atom stereocenters. The summed E-state index contributed by atoms with van der Waals surface area (Å²) in [5.41, 5.74) is 2.20. The first-order valence-electron chi connectivity index (χ1n) is 9.79. The molecule has 0 bridgehead atoms. The zero-order chi connectivity index (χ0) is 20.9. The Morgan fingerprint density at radius 2 is 1.87 bits per heavy atom. The number of alkyl halides is 1. The topological polar surface area (TPSA) is 55.4 Å². The van der Waals surface area contributed by atoms with Crippen molar-refractivity contribution in [3.63, 3.8) is 0 Å². The highest BCUT2D eigenvalue weighted by molar-refractivity contribution is 5.71. The van der Waals surface area contributed by atoms with E-state index in [0.717, 1.165) is 17.0 Å². The summed E-state index contributed by atoms with van der Waals surface area (Å²) in [6, 6.07) is 14.3. The van der Waals surface area contributed by atoms with E-state index in [0.29, 0.717) is 36.6 Å². The Labute approximate surface area is 174 Å². The van der Waals surface area contributed by atoms with Crippen LogP contribution >= 0.6 is 0 Å². The van der Waals surface area contributed by atoms with E-state index in [1.165, 1.54) is 12.3 Å². The molecule has 2 heterocycles. The van der Waals surface area contributed by atoms with Gasteiger partial charge in [-0.25, -0.2) is 8.78 Å². The fraction of sp³-hybridized carbons (Fsp3) is 0.261. The minimum atomic E-state index is -0.810. The molecule has 1 fully saturated rings. The van der Waals surface area contributed by atoms with Gasteiger partial charge in [0.05, 0.1) is 19.0 Å². The molecule has 0 aliphatic carbocycles. The standard InChI is InChI=1S/C23H23F2N3O2/c1-29-20-3-5-21(6-4-20)30-23-9-15(16-8-17(24)12-26-11-16)2-7-22(23)28-14-19-10-18(25)13-27-19/h2-9,11-12,18-19,27-28H,10,13-14H2,1H3/t18-,19+/m1/s1. The van der Waals surface area contributed by atoms with E-state index in [2.05, 4.69) is 15.6 Å². The average Bonchev–Trinajstić information content (AvgIpc) is 3.18. The van der Waals surface area contributed by atoms with Crippen LogP contribution in [0.15, 0.2) is 60.9 Å². The second-order valence-electron chi connectivity index (χ2n) is 7.20. The van der Waals surface area contributed by atoms with Crippen LogP contribution < -0.4 is 20.1 Å². The molecule has 1 aromatic heterocycles. The maximum absolute atomic E-state index is 13.6. The van der Waals surface area contributed by atoms with Crippen molar-refractivity contribution in [2.24, 2.45) is 0 Å². The van der Waals surface area contributed by atoms with Crippen molar-refractivity contribution in [1.82, 2.24) is 10.3 Å². The molecule has 4 rings (SSSR count). The van der Waals surface area contributed by atoms with E-state index in [4.69, 9.17) is 9.47 Å². The minimum absolute atomic E-state index is 0.0564. The SMILES string of the molecule is COc1ccc(Oc2cc(-c3cncc(F)c3)ccc2NC[C@@H]2C[C@@H](F)CN2)cc1. The Hall–Kier alpha value is -3.19. The highest BCUT2D eigenvalue weighted by Gasteiger charge is 2.23. The molecule has 0 amide bonds. The van der Waals surface area contributed by atoms with Gasteiger partial charge < -0.3 is 20.1 Å². The lowest BCUT2D eigenvalue weighted by Gasteiger charge is -2.17. The Balaban J connectivity index is 1.60. The number of pyridine rings is 1. The van der Waals surface area contributed by atoms with Gasteiger partial charge in [0.2, 0.25) is 0 Å². The Kier molecular flexibility index (Phi) is 6.09. The zero-order valence-electron chi connectivity index (χ0n) is 16.6. The smallest absolute Gasteiger partial charge is 0.151 e. The van der Waals surface area contributed by atoms with Gasteiger partial charge in [0.15, 0.2) is 5.75 Å². The molecule has 3 aromatic rings. The summed E-state index contributed by atoms with van der Waals surface area (Å²) in [7, 11) is 1.60. The predicted octanol–water partition coefficient (Wildman–Crippen LogP) is 4.80. The summed E-state index contributed by atoms with van der Waals surface area (Å²) in [4.78, 5) is 3.92. The van der Waals surface area contributed by atoms with Crippen LogP contribution in [0, 0.1) is 5.82 Å². The van der Waals surface area contributed by atoms with E-state index in [1.807, 2.05) is 42.5 Å². The number of nitrogens with one attached hydrogen (secondary N) is 2. The second kappa shape index (κ2) is 9.09. The van der Waals surface area contributed by atoms with Crippen molar-refractivity contribution in [3.8, 4) is 28.4 Å². The van der Waals surface area contributed by atoms with Crippen LogP contribution in [0.4, 0.5) is 14.5 Å². The number of anilines is 1. The molecular formula is C23H23F2N3O2. The van der Waals surface area contributed by atoms with Gasteiger partial charge in [-0.2, -0.15) is 0 Å². The third-order valence-electron chi connectivity index (χ3n) is 5.01. The quantitative estimate of drug-likeness (QED) is 0.585. The number of methoxy groups -OCH3 is 1. The summed E-state index contributed by atoms with van der Waals surface area (Å²) < 4.78 is 38.4. The first-order valence-corrected chi connectivity index (χ1v) is 9.79. The Morgan fingerprint density at radius 1 is 1.07 bits per heavy atom. The number of benzene rings is 2. The molecule has 1 aliphatic heterocycles.